The van der Waals surface area contributed by atoms with Crippen LogP contribution in [0.25, 0.3) is 0 Å². The molecule has 3 aromatic rings. The molecular formula is C20H21N5OS. The number of benzene rings is 2. The first-order valence-corrected chi connectivity index (χ1v) is 9.68. The van der Waals surface area contributed by atoms with Crippen LogP contribution < -0.4 is 10.7 Å². The van der Waals surface area contributed by atoms with Crippen LogP contribution in [0.4, 0.5) is 5.69 Å². The highest BCUT2D eigenvalue weighted by atomic mass is 32.2. The van der Waals surface area contributed by atoms with Crippen molar-refractivity contribution in [3.05, 3.63) is 71.0 Å². The van der Waals surface area contributed by atoms with Gasteiger partial charge in [0.15, 0.2) is 0 Å². The van der Waals surface area contributed by atoms with Crippen LogP contribution in [-0.4, -0.2) is 26.0 Å². The number of aromatic nitrogens is 3. The molecule has 1 aliphatic rings. The highest BCUT2D eigenvalue weighted by Gasteiger charge is 2.37. The van der Waals surface area contributed by atoms with E-state index in [-0.39, 0.29) is 17.2 Å². The third-order valence-electron chi connectivity index (χ3n) is 4.50. The Kier molecular flexibility index (Phi) is 4.61. The summed E-state index contributed by atoms with van der Waals surface area (Å²) in [6.45, 7) is 5.94. The fourth-order valence-corrected chi connectivity index (χ4v) is 4.46. The van der Waals surface area contributed by atoms with Crippen LogP contribution in [0.15, 0.2) is 53.7 Å². The number of carbonyl (C=O) groups is 1. The summed E-state index contributed by atoms with van der Waals surface area (Å²) in [4.78, 5) is 13.2. The average Bonchev–Trinajstić information content (AvgIpc) is 3.01. The molecular weight excluding hydrogens is 358 g/mol. The minimum absolute atomic E-state index is 0.0572. The normalized spacial score (nSPS) is 18.5. The molecule has 1 aromatic heterocycles. The van der Waals surface area contributed by atoms with Crippen molar-refractivity contribution in [2.45, 2.75) is 37.2 Å². The fourth-order valence-electron chi connectivity index (χ4n) is 3.33. The van der Waals surface area contributed by atoms with Crippen molar-refractivity contribution in [3.8, 4) is 0 Å². The molecule has 0 spiro atoms. The van der Waals surface area contributed by atoms with E-state index in [1.807, 2.05) is 67.9 Å². The van der Waals surface area contributed by atoms with Crippen LogP contribution in [0.2, 0.25) is 0 Å². The third kappa shape index (κ3) is 3.55. The first kappa shape index (κ1) is 17.6. The van der Waals surface area contributed by atoms with Gasteiger partial charge in [-0.15, -0.1) is 10.2 Å². The van der Waals surface area contributed by atoms with Gasteiger partial charge >= 0.3 is 0 Å². The number of nitrogens with one attached hydrogen (secondary N) is 2. The maximum absolute atomic E-state index is 13.2. The second kappa shape index (κ2) is 7.08. The van der Waals surface area contributed by atoms with E-state index in [0.29, 0.717) is 5.16 Å². The van der Waals surface area contributed by atoms with E-state index in [1.165, 1.54) is 11.8 Å². The molecule has 0 aliphatic carbocycles. The monoisotopic (exact) mass is 379 g/mol. The van der Waals surface area contributed by atoms with Gasteiger partial charge in [0.25, 0.3) is 0 Å². The lowest BCUT2D eigenvalue weighted by Crippen LogP contribution is -2.41. The summed E-state index contributed by atoms with van der Waals surface area (Å²) >= 11 is 1.43. The van der Waals surface area contributed by atoms with Crippen LogP contribution in [0.5, 0.6) is 0 Å². The van der Waals surface area contributed by atoms with E-state index in [4.69, 9.17) is 0 Å². The number of aryl methyl sites for hydroxylation is 3. The minimum atomic E-state index is -0.371. The lowest BCUT2D eigenvalue weighted by Gasteiger charge is -2.32. The zero-order chi connectivity index (χ0) is 19.0. The number of nitrogens with zero attached hydrogens (tertiary/aromatic N) is 3. The largest absolute Gasteiger partial charge is 0.325 e. The number of hydrogen-bond donors (Lipinski definition) is 2. The van der Waals surface area contributed by atoms with Gasteiger partial charge in [-0.3, -0.25) is 4.79 Å². The summed E-state index contributed by atoms with van der Waals surface area (Å²) in [5, 5.41) is 11.7. The molecule has 6 nitrogen and oxygen atoms in total. The van der Waals surface area contributed by atoms with Crippen molar-refractivity contribution in [1.29, 1.82) is 0 Å². The number of amides is 1. The Morgan fingerprint density at radius 3 is 2.48 bits per heavy atom. The molecule has 0 saturated carbocycles. The molecule has 4 rings (SSSR count). The average molecular weight is 379 g/mol. The predicted octanol–water partition coefficient (Wildman–Crippen LogP) is 3.60. The van der Waals surface area contributed by atoms with Gasteiger partial charge in [0, 0.05) is 5.69 Å². The third-order valence-corrected chi connectivity index (χ3v) is 5.72. The summed E-state index contributed by atoms with van der Waals surface area (Å²) < 4.78 is 1.85. The van der Waals surface area contributed by atoms with E-state index in [9.17, 15) is 4.79 Å². The van der Waals surface area contributed by atoms with Gasteiger partial charge in [-0.05, 0) is 49.6 Å². The van der Waals surface area contributed by atoms with E-state index < -0.39 is 0 Å². The molecule has 0 radical (unpaired) electrons. The second-order valence-electron chi connectivity index (χ2n) is 6.79. The molecule has 2 aromatic carbocycles. The molecule has 0 unspecified atom stereocenters. The Balaban J connectivity index is 1.66. The number of anilines is 1. The Bertz CT molecular complexity index is 965. The smallest absolute Gasteiger partial charge is 0.240 e. The summed E-state index contributed by atoms with van der Waals surface area (Å²) in [5.41, 5.74) is 7.51. The number of rotatable bonds is 3. The van der Waals surface area contributed by atoms with Crippen molar-refractivity contribution < 1.29 is 4.79 Å². The van der Waals surface area contributed by atoms with Crippen molar-refractivity contribution in [2.75, 3.05) is 10.7 Å². The number of hydrogen-bond acceptors (Lipinski definition) is 5. The van der Waals surface area contributed by atoms with Gasteiger partial charge in [0.05, 0.1) is 6.04 Å². The molecule has 1 amide bonds. The predicted molar refractivity (Wildman–Crippen MR) is 107 cm³/mol. The highest BCUT2D eigenvalue weighted by Crippen LogP contribution is 2.37. The SMILES string of the molecule is Cc1cc(C)cc(NC(=O)[C@H]2Sc3nnc(C)n3N[C@H]2c2ccccc2)c1. The highest BCUT2D eigenvalue weighted by molar-refractivity contribution is 8.00. The Hall–Kier alpha value is -2.80. The molecule has 138 valence electrons. The number of thioether (sulfide) groups is 1. The Morgan fingerprint density at radius 2 is 1.78 bits per heavy atom. The van der Waals surface area contributed by atoms with E-state index in [0.717, 1.165) is 28.2 Å². The second-order valence-corrected chi connectivity index (χ2v) is 7.90. The lowest BCUT2D eigenvalue weighted by atomic mass is 10.0. The van der Waals surface area contributed by atoms with Gasteiger partial charge < -0.3 is 10.7 Å². The zero-order valence-electron chi connectivity index (χ0n) is 15.4. The number of fused-ring (bicyclic) bond motifs is 1. The van der Waals surface area contributed by atoms with E-state index in [2.05, 4.69) is 27.0 Å². The Labute approximate surface area is 162 Å². The first-order chi connectivity index (χ1) is 13.0. The maximum Gasteiger partial charge on any atom is 0.240 e. The van der Waals surface area contributed by atoms with Crippen molar-refractivity contribution >= 4 is 23.4 Å². The summed E-state index contributed by atoms with van der Waals surface area (Å²) in [6, 6.07) is 15.9. The maximum atomic E-state index is 13.2. The molecule has 1 aliphatic heterocycles. The minimum Gasteiger partial charge on any atom is -0.325 e. The van der Waals surface area contributed by atoms with Gasteiger partial charge in [-0.25, -0.2) is 4.68 Å². The van der Waals surface area contributed by atoms with E-state index in [1.54, 1.807) is 0 Å². The molecule has 0 saturated heterocycles. The zero-order valence-corrected chi connectivity index (χ0v) is 16.2. The standard InChI is InChI=1S/C20H21N5OS/c1-12-9-13(2)11-16(10-12)21-19(26)18-17(15-7-5-4-6-8-15)24-25-14(3)22-23-20(25)27-18/h4-11,17-18,24H,1-3H3,(H,21,26)/t17-,18-/m0/s1. The van der Waals surface area contributed by atoms with Gasteiger partial charge in [0.1, 0.15) is 11.1 Å². The van der Waals surface area contributed by atoms with Crippen LogP contribution in [0.1, 0.15) is 28.6 Å². The first-order valence-electron chi connectivity index (χ1n) is 8.80. The quantitative estimate of drug-likeness (QED) is 0.727. The molecule has 7 heteroatoms. The number of carbonyl (C=O) groups excluding carboxylic acids is 1. The summed E-state index contributed by atoms with van der Waals surface area (Å²) in [5.74, 6) is 0.713. The molecule has 0 fully saturated rings. The van der Waals surface area contributed by atoms with Gasteiger partial charge in [-0.2, -0.15) is 0 Å². The molecule has 2 atom stereocenters. The summed E-state index contributed by atoms with van der Waals surface area (Å²) in [7, 11) is 0. The fraction of sp³-hybridized carbons (Fsp3) is 0.250. The molecule has 2 heterocycles. The van der Waals surface area contributed by atoms with Crippen molar-refractivity contribution in [3.63, 3.8) is 0 Å². The lowest BCUT2D eigenvalue weighted by molar-refractivity contribution is -0.116. The molecule has 27 heavy (non-hydrogen) atoms. The molecule has 2 N–H and O–H groups in total. The van der Waals surface area contributed by atoms with Crippen LogP contribution in [-0.2, 0) is 4.79 Å². The van der Waals surface area contributed by atoms with Crippen molar-refractivity contribution in [1.82, 2.24) is 14.9 Å². The van der Waals surface area contributed by atoms with Crippen LogP contribution in [0, 0.1) is 20.8 Å². The van der Waals surface area contributed by atoms with Gasteiger partial charge in [0.2, 0.25) is 11.1 Å². The Morgan fingerprint density at radius 1 is 1.07 bits per heavy atom. The van der Waals surface area contributed by atoms with Crippen LogP contribution in [0.3, 0.4) is 0 Å². The van der Waals surface area contributed by atoms with Crippen LogP contribution >= 0.6 is 11.8 Å². The molecule has 0 bridgehead atoms. The topological polar surface area (TPSA) is 71.8 Å². The van der Waals surface area contributed by atoms with Gasteiger partial charge in [-0.1, -0.05) is 48.2 Å². The van der Waals surface area contributed by atoms with Crippen molar-refractivity contribution in [2.24, 2.45) is 0 Å². The van der Waals surface area contributed by atoms with E-state index >= 15 is 0 Å². The summed E-state index contributed by atoms with van der Waals surface area (Å²) in [6.07, 6.45) is 0.